The zero-order valence-corrected chi connectivity index (χ0v) is 19.5. The molecule has 2 saturated heterocycles. The number of nitro benzene ring substituents is 2. The summed E-state index contributed by atoms with van der Waals surface area (Å²) in [5, 5.41) is 22.4. The first-order valence-corrected chi connectivity index (χ1v) is 11.7. The van der Waals surface area contributed by atoms with Crippen LogP contribution < -0.4 is 4.90 Å². The average Bonchev–Trinajstić information content (AvgIpc) is 3.40. The summed E-state index contributed by atoms with van der Waals surface area (Å²) in [5.74, 6) is -3.59. The number of carbonyl (C=O) groups is 3. The lowest BCUT2D eigenvalue weighted by Crippen LogP contribution is -2.44. The van der Waals surface area contributed by atoms with Gasteiger partial charge in [0.2, 0.25) is 11.8 Å². The number of rotatable bonds is 5. The van der Waals surface area contributed by atoms with Gasteiger partial charge in [-0.2, -0.15) is 0 Å². The van der Waals surface area contributed by atoms with E-state index in [9.17, 15) is 34.6 Å². The standard InChI is InChI=1S/C27H18N4O7/c32-25(16-5-3-6-19(14-16)31(37)38)24-22-21(23-20-7-2-1-4-15(20)12-13-28(23)24)26(33)29(27(22)34)17-8-10-18(11-9-17)30(35)36/h1-14,21-24H/t21-,22-,23+,24+/m0/s1. The van der Waals surface area contributed by atoms with Crippen LogP contribution in [-0.4, -0.2) is 38.4 Å². The van der Waals surface area contributed by atoms with Crippen LogP contribution in [0.15, 0.2) is 79.0 Å². The van der Waals surface area contributed by atoms with E-state index in [1.54, 1.807) is 11.1 Å². The van der Waals surface area contributed by atoms with E-state index < -0.39 is 51.4 Å². The molecule has 0 bridgehead atoms. The molecule has 0 unspecified atom stereocenters. The van der Waals surface area contributed by atoms with E-state index in [2.05, 4.69) is 0 Å². The Labute approximate surface area is 214 Å². The topological polar surface area (TPSA) is 144 Å². The number of nitrogens with zero attached hydrogens (tertiary/aromatic N) is 4. The highest BCUT2D eigenvalue weighted by atomic mass is 16.6. The first-order chi connectivity index (χ1) is 18.3. The Balaban J connectivity index is 1.47. The number of amides is 2. The Kier molecular flexibility index (Phi) is 5.16. The summed E-state index contributed by atoms with van der Waals surface area (Å²) < 4.78 is 0. The van der Waals surface area contributed by atoms with Crippen molar-refractivity contribution in [2.24, 2.45) is 11.8 Å². The van der Waals surface area contributed by atoms with Gasteiger partial charge in [-0.15, -0.1) is 0 Å². The second-order valence-electron chi connectivity index (χ2n) is 9.29. The largest absolute Gasteiger partial charge is 0.358 e. The highest BCUT2D eigenvalue weighted by Crippen LogP contribution is 2.53. The number of imide groups is 1. The molecule has 188 valence electrons. The lowest BCUT2D eigenvalue weighted by molar-refractivity contribution is -0.385. The van der Waals surface area contributed by atoms with Crippen molar-refractivity contribution in [2.45, 2.75) is 12.1 Å². The van der Waals surface area contributed by atoms with Crippen molar-refractivity contribution in [2.75, 3.05) is 4.90 Å². The van der Waals surface area contributed by atoms with Crippen molar-refractivity contribution >= 4 is 40.7 Å². The Morgan fingerprint density at radius 3 is 2.18 bits per heavy atom. The van der Waals surface area contributed by atoms with Gasteiger partial charge in [0, 0.05) is 36.0 Å². The van der Waals surface area contributed by atoms with E-state index in [1.165, 1.54) is 48.5 Å². The molecule has 2 amide bonds. The number of benzene rings is 3. The van der Waals surface area contributed by atoms with Crippen LogP contribution in [-0.2, 0) is 9.59 Å². The molecule has 0 N–H and O–H groups in total. The lowest BCUT2D eigenvalue weighted by Gasteiger charge is -2.35. The molecule has 4 atom stereocenters. The van der Waals surface area contributed by atoms with Gasteiger partial charge in [0.25, 0.3) is 11.4 Å². The number of nitro groups is 2. The molecular weight excluding hydrogens is 492 g/mol. The molecular formula is C27H18N4O7. The number of ketones is 1. The van der Waals surface area contributed by atoms with Gasteiger partial charge in [-0.25, -0.2) is 4.90 Å². The fourth-order valence-electron chi connectivity index (χ4n) is 5.78. The monoisotopic (exact) mass is 510 g/mol. The van der Waals surface area contributed by atoms with E-state index in [-0.39, 0.29) is 22.6 Å². The van der Waals surface area contributed by atoms with Crippen LogP contribution in [0.3, 0.4) is 0 Å². The third kappa shape index (κ3) is 3.32. The molecule has 0 aromatic heterocycles. The molecule has 11 nitrogen and oxygen atoms in total. The van der Waals surface area contributed by atoms with Crippen LogP contribution in [0.5, 0.6) is 0 Å². The molecule has 2 fully saturated rings. The zero-order valence-electron chi connectivity index (χ0n) is 19.5. The van der Waals surface area contributed by atoms with Gasteiger partial charge in [0.15, 0.2) is 5.78 Å². The van der Waals surface area contributed by atoms with Crippen LogP contribution in [0.4, 0.5) is 17.1 Å². The minimum absolute atomic E-state index is 0.0601. The number of non-ortho nitro benzene ring substituents is 2. The summed E-state index contributed by atoms with van der Waals surface area (Å²) in [6.45, 7) is 0. The van der Waals surface area contributed by atoms with Gasteiger partial charge in [-0.1, -0.05) is 36.4 Å². The molecule has 3 heterocycles. The number of fused-ring (bicyclic) bond motifs is 5. The molecule has 3 aromatic carbocycles. The maximum absolute atomic E-state index is 13.9. The van der Waals surface area contributed by atoms with Gasteiger partial charge >= 0.3 is 0 Å². The lowest BCUT2D eigenvalue weighted by atomic mass is 9.83. The molecule has 0 spiro atoms. The molecule has 38 heavy (non-hydrogen) atoms. The summed E-state index contributed by atoms with van der Waals surface area (Å²) in [6, 6.07) is 16.1. The van der Waals surface area contributed by atoms with E-state index >= 15 is 0 Å². The number of Topliss-reactive ketones (excluding diaryl/α,β-unsaturated/α-hetero) is 1. The first kappa shape index (κ1) is 23.2. The average molecular weight is 510 g/mol. The molecule has 0 saturated carbocycles. The van der Waals surface area contributed by atoms with Crippen molar-refractivity contribution in [3.8, 4) is 0 Å². The third-order valence-corrected chi connectivity index (χ3v) is 7.39. The third-order valence-electron chi connectivity index (χ3n) is 7.39. The molecule has 6 rings (SSSR count). The molecule has 11 heteroatoms. The van der Waals surface area contributed by atoms with Gasteiger partial charge in [0.1, 0.15) is 6.04 Å². The minimum Gasteiger partial charge on any atom is -0.358 e. The first-order valence-electron chi connectivity index (χ1n) is 11.7. The number of anilines is 1. The molecule has 3 aliphatic heterocycles. The SMILES string of the molecule is O=C(c1cccc([N+](=O)[O-])c1)[C@H]1[C@H]2C(=O)N(c3ccc([N+](=O)[O-])cc3)C(=O)[C@@H]2[C@H]2c3ccccc3C=CN21. The number of hydrogen-bond acceptors (Lipinski definition) is 8. The predicted octanol–water partition coefficient (Wildman–Crippen LogP) is 3.90. The molecule has 3 aliphatic rings. The van der Waals surface area contributed by atoms with Crippen LogP contribution >= 0.6 is 0 Å². The summed E-state index contributed by atoms with van der Waals surface area (Å²) in [5.41, 5.74) is 1.42. The van der Waals surface area contributed by atoms with Gasteiger partial charge in [0.05, 0.1) is 33.4 Å². The normalized spacial score (nSPS) is 23.2. The van der Waals surface area contributed by atoms with Crippen molar-refractivity contribution < 1.29 is 24.2 Å². The van der Waals surface area contributed by atoms with Crippen LogP contribution in [0.1, 0.15) is 27.5 Å². The van der Waals surface area contributed by atoms with Gasteiger partial charge < -0.3 is 4.90 Å². The fourth-order valence-corrected chi connectivity index (χ4v) is 5.78. The molecule has 0 radical (unpaired) electrons. The van der Waals surface area contributed by atoms with Crippen LogP contribution in [0.25, 0.3) is 6.08 Å². The summed E-state index contributed by atoms with van der Waals surface area (Å²) in [4.78, 5) is 65.5. The summed E-state index contributed by atoms with van der Waals surface area (Å²) in [7, 11) is 0. The Bertz CT molecular complexity index is 1580. The van der Waals surface area contributed by atoms with Crippen molar-refractivity contribution in [1.29, 1.82) is 0 Å². The van der Waals surface area contributed by atoms with Crippen molar-refractivity contribution in [3.63, 3.8) is 0 Å². The zero-order chi connectivity index (χ0) is 26.7. The van der Waals surface area contributed by atoms with E-state index in [4.69, 9.17) is 0 Å². The van der Waals surface area contributed by atoms with Gasteiger partial charge in [-0.05, 0) is 29.3 Å². The maximum atomic E-state index is 13.9. The minimum atomic E-state index is -1.09. The molecule has 3 aromatic rings. The fraction of sp³-hybridized carbons (Fsp3) is 0.148. The molecule has 0 aliphatic carbocycles. The number of carbonyl (C=O) groups excluding carboxylic acids is 3. The van der Waals surface area contributed by atoms with Crippen molar-refractivity contribution in [1.82, 2.24) is 4.90 Å². The smallest absolute Gasteiger partial charge is 0.270 e. The van der Waals surface area contributed by atoms with Crippen LogP contribution in [0, 0.1) is 32.1 Å². The van der Waals surface area contributed by atoms with E-state index in [0.717, 1.165) is 16.0 Å². The maximum Gasteiger partial charge on any atom is 0.270 e. The summed E-state index contributed by atoms with van der Waals surface area (Å²) in [6.07, 6.45) is 3.51. The number of hydrogen-bond donors (Lipinski definition) is 0. The van der Waals surface area contributed by atoms with Gasteiger partial charge in [-0.3, -0.25) is 34.6 Å². The van der Waals surface area contributed by atoms with Crippen molar-refractivity contribution in [3.05, 3.63) is 116 Å². The highest BCUT2D eigenvalue weighted by molar-refractivity contribution is 6.24. The Hall–Kier alpha value is -5.19. The van der Waals surface area contributed by atoms with Crippen LogP contribution in [0.2, 0.25) is 0 Å². The Morgan fingerprint density at radius 2 is 1.47 bits per heavy atom. The summed E-state index contributed by atoms with van der Waals surface area (Å²) >= 11 is 0. The quantitative estimate of drug-likeness (QED) is 0.218. The van der Waals surface area contributed by atoms with E-state index in [0.29, 0.717) is 0 Å². The highest BCUT2D eigenvalue weighted by Gasteiger charge is 2.64. The second kappa shape index (κ2) is 8.44. The Morgan fingerprint density at radius 1 is 0.789 bits per heavy atom. The predicted molar refractivity (Wildman–Crippen MR) is 134 cm³/mol. The second-order valence-corrected chi connectivity index (χ2v) is 9.29. The van der Waals surface area contributed by atoms with E-state index in [1.807, 2.05) is 30.3 Å².